The van der Waals surface area contributed by atoms with Crippen molar-refractivity contribution in [2.75, 3.05) is 0 Å². The molecule has 134 valence electrons. The number of nitrogens with one attached hydrogen (secondary N) is 1. The lowest BCUT2D eigenvalue weighted by Crippen LogP contribution is -2.17. The van der Waals surface area contributed by atoms with E-state index >= 15 is 0 Å². The largest absolute Gasteiger partial charge is 0.489 e. The molecule has 3 rings (SSSR count). The van der Waals surface area contributed by atoms with Crippen LogP contribution in [0.2, 0.25) is 0 Å². The van der Waals surface area contributed by atoms with Gasteiger partial charge >= 0.3 is 6.18 Å². The molecule has 2 aromatic carbocycles. The number of thioether (sulfide) groups is 1. The smallest absolute Gasteiger partial charge is 0.416 e. The molecular formula is C18H12F3NO2S2. The molecule has 0 atom stereocenters. The summed E-state index contributed by atoms with van der Waals surface area (Å²) in [5, 5.41) is 2.54. The van der Waals surface area contributed by atoms with Crippen LogP contribution in [0.15, 0.2) is 53.4 Å². The summed E-state index contributed by atoms with van der Waals surface area (Å²) in [6.45, 7) is 0.158. The normalized spacial score (nSPS) is 16.0. The molecule has 2 aromatic rings. The molecule has 1 heterocycles. The molecule has 1 saturated heterocycles. The van der Waals surface area contributed by atoms with Crippen LogP contribution in [-0.4, -0.2) is 10.2 Å². The third-order valence-electron chi connectivity index (χ3n) is 3.51. The summed E-state index contributed by atoms with van der Waals surface area (Å²) in [4.78, 5) is 12.1. The fourth-order valence-corrected chi connectivity index (χ4v) is 3.23. The van der Waals surface area contributed by atoms with Crippen molar-refractivity contribution in [2.24, 2.45) is 0 Å². The SMILES string of the molecule is O=C1NC(=S)SC1=Cc1ccc(OCc2ccc(C(F)(F)F)cc2)cc1. The van der Waals surface area contributed by atoms with E-state index in [0.29, 0.717) is 20.5 Å². The molecule has 8 heteroatoms. The van der Waals surface area contributed by atoms with E-state index < -0.39 is 11.7 Å². The van der Waals surface area contributed by atoms with Gasteiger partial charge in [-0.2, -0.15) is 13.2 Å². The highest BCUT2D eigenvalue weighted by Gasteiger charge is 2.29. The Balaban J connectivity index is 1.60. The lowest BCUT2D eigenvalue weighted by Gasteiger charge is -2.09. The predicted octanol–water partition coefficient (Wildman–Crippen LogP) is 4.77. The summed E-state index contributed by atoms with van der Waals surface area (Å²) < 4.78 is 43.6. The van der Waals surface area contributed by atoms with Gasteiger partial charge in [0, 0.05) is 0 Å². The number of alkyl halides is 3. The van der Waals surface area contributed by atoms with Crippen LogP contribution in [0.3, 0.4) is 0 Å². The summed E-state index contributed by atoms with van der Waals surface area (Å²) in [7, 11) is 0. The molecule has 0 spiro atoms. The van der Waals surface area contributed by atoms with Crippen LogP contribution < -0.4 is 10.1 Å². The summed E-state index contributed by atoms with van der Waals surface area (Å²) in [6, 6.07) is 11.9. The number of carbonyl (C=O) groups is 1. The minimum absolute atomic E-state index is 0.158. The zero-order valence-electron chi connectivity index (χ0n) is 13.2. The third kappa shape index (κ3) is 4.64. The number of hydrogen-bond donors (Lipinski definition) is 1. The second kappa shape index (κ2) is 7.51. The van der Waals surface area contributed by atoms with Crippen LogP contribution in [0, 0.1) is 0 Å². The van der Waals surface area contributed by atoms with Crippen molar-refractivity contribution in [1.82, 2.24) is 5.32 Å². The van der Waals surface area contributed by atoms with Crippen LogP contribution in [0.5, 0.6) is 5.75 Å². The highest BCUT2D eigenvalue weighted by Crippen LogP contribution is 2.29. The van der Waals surface area contributed by atoms with Crippen molar-refractivity contribution in [3.8, 4) is 5.75 Å². The van der Waals surface area contributed by atoms with E-state index in [1.54, 1.807) is 30.3 Å². The molecule has 1 aliphatic rings. The lowest BCUT2D eigenvalue weighted by atomic mass is 10.1. The number of rotatable bonds is 4. The number of hydrogen-bond acceptors (Lipinski definition) is 4. The average molecular weight is 395 g/mol. The van der Waals surface area contributed by atoms with E-state index in [4.69, 9.17) is 17.0 Å². The summed E-state index contributed by atoms with van der Waals surface area (Å²) in [6.07, 6.45) is -2.62. The number of carbonyl (C=O) groups excluding carboxylic acids is 1. The molecule has 1 N–H and O–H groups in total. The van der Waals surface area contributed by atoms with Gasteiger partial charge in [0.1, 0.15) is 16.7 Å². The van der Waals surface area contributed by atoms with Crippen molar-refractivity contribution in [1.29, 1.82) is 0 Å². The first kappa shape index (κ1) is 18.5. The Kier molecular flexibility index (Phi) is 5.33. The molecular weight excluding hydrogens is 383 g/mol. The molecule has 0 unspecified atom stereocenters. The summed E-state index contributed by atoms with van der Waals surface area (Å²) in [5.74, 6) is 0.355. The van der Waals surface area contributed by atoms with Crippen molar-refractivity contribution in [3.63, 3.8) is 0 Å². The molecule has 1 amide bonds. The van der Waals surface area contributed by atoms with E-state index in [9.17, 15) is 18.0 Å². The van der Waals surface area contributed by atoms with E-state index in [2.05, 4.69) is 5.32 Å². The maximum absolute atomic E-state index is 12.5. The maximum atomic E-state index is 12.5. The Morgan fingerprint density at radius 1 is 1.08 bits per heavy atom. The number of thiocarbonyl (C=S) groups is 1. The van der Waals surface area contributed by atoms with Gasteiger partial charge in [0.25, 0.3) is 5.91 Å². The second-order valence-corrected chi connectivity index (χ2v) is 7.12. The molecule has 0 bridgehead atoms. The number of ether oxygens (including phenoxy) is 1. The second-order valence-electron chi connectivity index (χ2n) is 5.40. The Morgan fingerprint density at radius 3 is 2.27 bits per heavy atom. The average Bonchev–Trinajstić information content (AvgIpc) is 2.91. The number of benzene rings is 2. The minimum Gasteiger partial charge on any atom is -0.489 e. The standard InChI is InChI=1S/C18H12F3NO2S2/c19-18(20,21)13-5-1-12(2-6-13)10-24-14-7-3-11(4-8-14)9-15-16(23)22-17(25)26-15/h1-9H,10H2,(H,22,23,25). The van der Waals surface area contributed by atoms with Crippen molar-refractivity contribution >= 4 is 40.3 Å². The monoisotopic (exact) mass is 395 g/mol. The van der Waals surface area contributed by atoms with Crippen LogP contribution in [0.25, 0.3) is 6.08 Å². The van der Waals surface area contributed by atoms with E-state index in [1.807, 2.05) is 0 Å². The molecule has 1 aliphatic heterocycles. The quantitative estimate of drug-likeness (QED) is 0.598. The molecule has 0 aromatic heterocycles. The molecule has 0 aliphatic carbocycles. The Morgan fingerprint density at radius 2 is 1.73 bits per heavy atom. The molecule has 26 heavy (non-hydrogen) atoms. The predicted molar refractivity (Wildman–Crippen MR) is 98.5 cm³/mol. The van der Waals surface area contributed by atoms with Gasteiger partial charge in [-0.3, -0.25) is 4.79 Å². The Bertz CT molecular complexity index is 860. The highest BCUT2D eigenvalue weighted by atomic mass is 32.2. The van der Waals surface area contributed by atoms with Crippen molar-refractivity contribution in [3.05, 3.63) is 70.1 Å². The summed E-state index contributed by atoms with van der Waals surface area (Å²) in [5.41, 5.74) is 0.762. The fourth-order valence-electron chi connectivity index (χ4n) is 2.19. The van der Waals surface area contributed by atoms with Gasteiger partial charge in [-0.1, -0.05) is 48.2 Å². The van der Waals surface area contributed by atoms with Crippen molar-refractivity contribution < 1.29 is 22.7 Å². The minimum atomic E-state index is -4.35. The van der Waals surface area contributed by atoms with Gasteiger partial charge in [0.15, 0.2) is 0 Å². The maximum Gasteiger partial charge on any atom is 0.416 e. The Labute approximate surface area is 157 Å². The van der Waals surface area contributed by atoms with Gasteiger partial charge in [-0.15, -0.1) is 0 Å². The summed E-state index contributed by atoms with van der Waals surface area (Å²) >= 11 is 6.13. The zero-order chi connectivity index (χ0) is 18.7. The molecule has 1 fully saturated rings. The van der Waals surface area contributed by atoms with Gasteiger partial charge < -0.3 is 10.1 Å². The number of amides is 1. The zero-order valence-corrected chi connectivity index (χ0v) is 14.8. The Hall–Kier alpha value is -2.32. The van der Waals surface area contributed by atoms with Gasteiger partial charge in [0.05, 0.1) is 10.5 Å². The van der Waals surface area contributed by atoms with Gasteiger partial charge in [-0.05, 0) is 41.5 Å². The molecule has 3 nitrogen and oxygen atoms in total. The van der Waals surface area contributed by atoms with E-state index in [1.165, 1.54) is 23.9 Å². The first-order chi connectivity index (χ1) is 12.3. The molecule has 0 saturated carbocycles. The third-order valence-corrected chi connectivity index (χ3v) is 4.67. The topological polar surface area (TPSA) is 38.3 Å². The first-order valence-corrected chi connectivity index (χ1v) is 8.67. The van der Waals surface area contributed by atoms with Gasteiger partial charge in [0.2, 0.25) is 0 Å². The fraction of sp³-hybridized carbons (Fsp3) is 0.111. The van der Waals surface area contributed by atoms with Crippen LogP contribution in [0.4, 0.5) is 13.2 Å². The first-order valence-electron chi connectivity index (χ1n) is 7.45. The van der Waals surface area contributed by atoms with E-state index in [-0.39, 0.29) is 12.5 Å². The van der Waals surface area contributed by atoms with Crippen LogP contribution in [-0.2, 0) is 17.6 Å². The number of halogens is 3. The van der Waals surface area contributed by atoms with Crippen LogP contribution >= 0.6 is 24.0 Å². The van der Waals surface area contributed by atoms with E-state index in [0.717, 1.165) is 17.7 Å². The molecule has 0 radical (unpaired) electrons. The lowest BCUT2D eigenvalue weighted by molar-refractivity contribution is -0.137. The highest BCUT2D eigenvalue weighted by molar-refractivity contribution is 8.26. The van der Waals surface area contributed by atoms with Gasteiger partial charge in [-0.25, -0.2) is 0 Å². The van der Waals surface area contributed by atoms with Crippen molar-refractivity contribution in [2.45, 2.75) is 12.8 Å². The van der Waals surface area contributed by atoms with Crippen LogP contribution in [0.1, 0.15) is 16.7 Å².